The molecule has 68 valence electrons. The summed E-state index contributed by atoms with van der Waals surface area (Å²) in [7, 11) is 0. The highest BCUT2D eigenvalue weighted by atomic mass is 19.1. The van der Waals surface area contributed by atoms with E-state index in [1.807, 2.05) is 13.8 Å². The van der Waals surface area contributed by atoms with Crippen LogP contribution in [0.5, 0.6) is 0 Å². The molecule has 1 N–H and O–H groups in total. The molecule has 0 aromatic carbocycles. The third kappa shape index (κ3) is 3.06. The molecule has 0 heterocycles. The first-order valence-corrected chi connectivity index (χ1v) is 3.93. The molecule has 1 unspecified atom stereocenters. The summed E-state index contributed by atoms with van der Waals surface area (Å²) in [6.07, 6.45) is 5.31. The molecule has 0 amide bonds. The lowest BCUT2D eigenvalue weighted by Crippen LogP contribution is -2.30. The predicted molar refractivity (Wildman–Crippen MR) is 48.1 cm³/mol. The molecule has 0 aliphatic heterocycles. The number of halogens is 1. The second-order valence-corrected chi connectivity index (χ2v) is 3.42. The quantitative estimate of drug-likeness (QED) is 0.642. The molecule has 1 nitrogen and oxygen atoms in total. The van der Waals surface area contributed by atoms with E-state index in [1.54, 1.807) is 0 Å². The molecular formula is C10H15FO. The van der Waals surface area contributed by atoms with Gasteiger partial charge in [-0.05, 0) is 12.3 Å². The third-order valence-corrected chi connectivity index (χ3v) is 1.65. The fourth-order valence-corrected chi connectivity index (χ4v) is 1.12. The zero-order valence-corrected chi connectivity index (χ0v) is 7.60. The first-order chi connectivity index (χ1) is 5.42. The SMILES string of the molecule is C#CCC(O)(CC(C)C)C(=C)F. The largest absolute Gasteiger partial charge is 0.382 e. The van der Waals surface area contributed by atoms with Crippen molar-refractivity contribution in [3.8, 4) is 12.3 Å². The van der Waals surface area contributed by atoms with E-state index < -0.39 is 11.4 Å². The maximum atomic E-state index is 12.8. The van der Waals surface area contributed by atoms with Crippen molar-refractivity contribution in [2.75, 3.05) is 0 Å². The molecule has 0 aliphatic carbocycles. The lowest BCUT2D eigenvalue weighted by Gasteiger charge is -2.25. The maximum Gasteiger partial charge on any atom is 0.126 e. The minimum Gasteiger partial charge on any atom is -0.382 e. The number of hydrogen-bond donors (Lipinski definition) is 1. The summed E-state index contributed by atoms with van der Waals surface area (Å²) in [6.45, 7) is 6.87. The summed E-state index contributed by atoms with van der Waals surface area (Å²) < 4.78 is 12.8. The van der Waals surface area contributed by atoms with Crippen molar-refractivity contribution in [3.63, 3.8) is 0 Å². The lowest BCUT2D eigenvalue weighted by atomic mass is 9.89. The Labute approximate surface area is 73.3 Å². The summed E-state index contributed by atoms with van der Waals surface area (Å²) in [6, 6.07) is 0. The van der Waals surface area contributed by atoms with Crippen LogP contribution in [0.3, 0.4) is 0 Å². The van der Waals surface area contributed by atoms with Gasteiger partial charge in [0.05, 0.1) is 0 Å². The van der Waals surface area contributed by atoms with Crippen molar-refractivity contribution in [2.45, 2.75) is 32.3 Å². The highest BCUT2D eigenvalue weighted by Crippen LogP contribution is 2.27. The molecule has 0 bridgehead atoms. The number of aliphatic hydroxyl groups is 1. The molecule has 0 radical (unpaired) electrons. The van der Waals surface area contributed by atoms with Crippen LogP contribution >= 0.6 is 0 Å². The molecule has 0 aromatic heterocycles. The Morgan fingerprint density at radius 3 is 2.50 bits per heavy atom. The van der Waals surface area contributed by atoms with E-state index in [1.165, 1.54) is 0 Å². The lowest BCUT2D eigenvalue weighted by molar-refractivity contribution is 0.0399. The normalized spacial score (nSPS) is 15.3. The van der Waals surface area contributed by atoms with Gasteiger partial charge in [0.1, 0.15) is 11.4 Å². The minimum absolute atomic E-state index is 0.0134. The van der Waals surface area contributed by atoms with Crippen LogP contribution in [0, 0.1) is 18.3 Å². The van der Waals surface area contributed by atoms with Gasteiger partial charge in [0.2, 0.25) is 0 Å². The zero-order valence-electron chi connectivity index (χ0n) is 7.60. The number of terminal acetylenes is 1. The summed E-state index contributed by atoms with van der Waals surface area (Å²) in [4.78, 5) is 0. The highest BCUT2D eigenvalue weighted by molar-refractivity contribution is 5.10. The summed E-state index contributed by atoms with van der Waals surface area (Å²) in [5.41, 5.74) is -1.52. The monoisotopic (exact) mass is 170 g/mol. The van der Waals surface area contributed by atoms with E-state index in [-0.39, 0.29) is 12.3 Å². The molecule has 0 saturated heterocycles. The first kappa shape index (κ1) is 11.2. The van der Waals surface area contributed by atoms with E-state index in [9.17, 15) is 9.50 Å². The fraction of sp³-hybridized carbons (Fsp3) is 0.600. The van der Waals surface area contributed by atoms with Gasteiger partial charge in [0, 0.05) is 6.42 Å². The van der Waals surface area contributed by atoms with Crippen LogP contribution in [0.2, 0.25) is 0 Å². The van der Waals surface area contributed by atoms with Crippen LogP contribution in [0.1, 0.15) is 26.7 Å². The Balaban J connectivity index is 4.41. The fourth-order valence-electron chi connectivity index (χ4n) is 1.12. The number of hydrogen-bond acceptors (Lipinski definition) is 1. The average molecular weight is 170 g/mol. The highest BCUT2D eigenvalue weighted by Gasteiger charge is 2.30. The van der Waals surface area contributed by atoms with E-state index in [4.69, 9.17) is 6.42 Å². The second kappa shape index (κ2) is 4.27. The minimum atomic E-state index is -1.52. The average Bonchev–Trinajstić information content (AvgIpc) is 1.85. The summed E-state index contributed by atoms with van der Waals surface area (Å²) >= 11 is 0. The van der Waals surface area contributed by atoms with Crippen LogP contribution in [-0.2, 0) is 0 Å². The Morgan fingerprint density at radius 1 is 1.75 bits per heavy atom. The van der Waals surface area contributed by atoms with Gasteiger partial charge >= 0.3 is 0 Å². The molecule has 1 atom stereocenters. The van der Waals surface area contributed by atoms with Gasteiger partial charge in [-0.15, -0.1) is 12.3 Å². The van der Waals surface area contributed by atoms with Crippen molar-refractivity contribution < 1.29 is 9.50 Å². The third-order valence-electron chi connectivity index (χ3n) is 1.65. The second-order valence-electron chi connectivity index (χ2n) is 3.42. The molecule has 2 heteroatoms. The van der Waals surface area contributed by atoms with Crippen LogP contribution < -0.4 is 0 Å². The van der Waals surface area contributed by atoms with Crippen LogP contribution in [-0.4, -0.2) is 10.7 Å². The molecular weight excluding hydrogens is 155 g/mol. The standard InChI is InChI=1S/C10H15FO/c1-5-6-10(12,9(4)11)7-8(2)3/h1,8,12H,4,6-7H2,2-3H3. The summed E-state index contributed by atoms with van der Waals surface area (Å²) in [5.74, 6) is 1.69. The first-order valence-electron chi connectivity index (χ1n) is 3.93. The number of rotatable bonds is 4. The van der Waals surface area contributed by atoms with Gasteiger partial charge in [-0.2, -0.15) is 0 Å². The van der Waals surface area contributed by atoms with E-state index in [0.717, 1.165) is 0 Å². The van der Waals surface area contributed by atoms with Crippen molar-refractivity contribution in [1.82, 2.24) is 0 Å². The van der Waals surface area contributed by atoms with Gasteiger partial charge in [-0.1, -0.05) is 20.4 Å². The molecule has 0 saturated carbocycles. The Kier molecular flexibility index (Phi) is 3.99. The van der Waals surface area contributed by atoms with E-state index >= 15 is 0 Å². The molecule has 0 rings (SSSR count). The van der Waals surface area contributed by atoms with Gasteiger partial charge in [0.15, 0.2) is 0 Å². The van der Waals surface area contributed by atoms with Crippen LogP contribution in [0.25, 0.3) is 0 Å². The van der Waals surface area contributed by atoms with Gasteiger partial charge in [-0.25, -0.2) is 4.39 Å². The Hall–Kier alpha value is -0.810. The predicted octanol–water partition coefficient (Wildman–Crippen LogP) is 2.27. The Bertz CT molecular complexity index is 202. The smallest absolute Gasteiger partial charge is 0.126 e. The van der Waals surface area contributed by atoms with Crippen LogP contribution in [0.15, 0.2) is 12.4 Å². The Morgan fingerprint density at radius 2 is 2.25 bits per heavy atom. The van der Waals surface area contributed by atoms with E-state index in [0.29, 0.717) is 6.42 Å². The topological polar surface area (TPSA) is 20.2 Å². The van der Waals surface area contributed by atoms with Gasteiger partial charge < -0.3 is 5.11 Å². The zero-order chi connectivity index (χ0) is 9.78. The van der Waals surface area contributed by atoms with Gasteiger partial charge in [-0.3, -0.25) is 0 Å². The van der Waals surface area contributed by atoms with Crippen LogP contribution in [0.4, 0.5) is 4.39 Å². The molecule has 0 aromatic rings. The van der Waals surface area contributed by atoms with Gasteiger partial charge in [0.25, 0.3) is 0 Å². The molecule has 0 aliphatic rings. The van der Waals surface area contributed by atoms with Crippen molar-refractivity contribution in [3.05, 3.63) is 12.4 Å². The van der Waals surface area contributed by atoms with E-state index in [2.05, 4.69) is 12.5 Å². The molecule has 12 heavy (non-hydrogen) atoms. The van der Waals surface area contributed by atoms with Crippen molar-refractivity contribution >= 4 is 0 Å². The molecule has 0 fully saturated rings. The summed E-state index contributed by atoms with van der Waals surface area (Å²) in [5, 5.41) is 9.64. The van der Waals surface area contributed by atoms with Crippen molar-refractivity contribution in [2.24, 2.45) is 5.92 Å². The maximum absolute atomic E-state index is 12.8. The molecule has 0 spiro atoms. The van der Waals surface area contributed by atoms with Crippen molar-refractivity contribution in [1.29, 1.82) is 0 Å².